The number of amides is 1. The number of methoxy groups -OCH3 is 1. The number of rotatable bonds is 6. The molecule has 2 aromatic carbocycles. The molecule has 0 saturated heterocycles. The van der Waals surface area contributed by atoms with Gasteiger partial charge < -0.3 is 24.3 Å². The molecule has 1 N–H and O–H groups in total. The van der Waals surface area contributed by atoms with Crippen LogP contribution in [0.5, 0.6) is 17.2 Å². The molecule has 0 aliphatic carbocycles. The van der Waals surface area contributed by atoms with Crippen LogP contribution in [0.4, 0.5) is 5.69 Å². The third kappa shape index (κ3) is 5.42. The van der Waals surface area contributed by atoms with Crippen molar-refractivity contribution in [2.45, 2.75) is 13.0 Å². The van der Waals surface area contributed by atoms with Crippen LogP contribution in [0.25, 0.3) is 6.08 Å². The van der Waals surface area contributed by atoms with Crippen LogP contribution < -0.4 is 19.5 Å². The zero-order valence-corrected chi connectivity index (χ0v) is 16.7. The molecule has 1 unspecified atom stereocenters. The van der Waals surface area contributed by atoms with Crippen molar-refractivity contribution < 1.29 is 28.5 Å². The van der Waals surface area contributed by atoms with Gasteiger partial charge in [0.05, 0.1) is 12.1 Å². The van der Waals surface area contributed by atoms with E-state index in [9.17, 15) is 9.59 Å². The van der Waals surface area contributed by atoms with Crippen LogP contribution >= 0.6 is 11.6 Å². The van der Waals surface area contributed by atoms with Gasteiger partial charge >= 0.3 is 5.97 Å². The average Bonchev–Trinajstić information content (AvgIpc) is 2.72. The van der Waals surface area contributed by atoms with Crippen molar-refractivity contribution in [3.63, 3.8) is 0 Å². The molecule has 1 aliphatic rings. The number of nitrogens with one attached hydrogen (secondary N) is 1. The quantitative estimate of drug-likeness (QED) is 0.570. The van der Waals surface area contributed by atoms with Gasteiger partial charge in [0.15, 0.2) is 17.6 Å². The summed E-state index contributed by atoms with van der Waals surface area (Å²) in [5, 5.41) is 3.00. The Morgan fingerprint density at radius 2 is 1.90 bits per heavy atom. The van der Waals surface area contributed by atoms with E-state index in [1.807, 2.05) is 0 Å². The first-order chi connectivity index (χ1) is 14.0. The molecule has 152 valence electrons. The van der Waals surface area contributed by atoms with Crippen LogP contribution in [-0.4, -0.2) is 38.3 Å². The summed E-state index contributed by atoms with van der Waals surface area (Å²) in [7, 11) is 1.50. The van der Waals surface area contributed by atoms with Crippen molar-refractivity contribution in [3.8, 4) is 17.2 Å². The van der Waals surface area contributed by atoms with Crippen LogP contribution in [0.2, 0.25) is 5.02 Å². The summed E-state index contributed by atoms with van der Waals surface area (Å²) in [5.41, 5.74) is 1.21. The molecule has 7 nitrogen and oxygen atoms in total. The van der Waals surface area contributed by atoms with E-state index in [2.05, 4.69) is 5.32 Å². The number of benzene rings is 2. The van der Waals surface area contributed by atoms with Gasteiger partial charge in [-0.2, -0.15) is 0 Å². The lowest BCUT2D eigenvalue weighted by atomic mass is 10.2. The van der Waals surface area contributed by atoms with Gasteiger partial charge in [-0.15, -0.1) is 0 Å². The van der Waals surface area contributed by atoms with E-state index in [1.54, 1.807) is 42.5 Å². The van der Waals surface area contributed by atoms with Gasteiger partial charge in [0.1, 0.15) is 19.0 Å². The van der Waals surface area contributed by atoms with Gasteiger partial charge in [-0.25, -0.2) is 4.79 Å². The number of carbonyl (C=O) groups is 2. The Morgan fingerprint density at radius 1 is 1.14 bits per heavy atom. The van der Waals surface area contributed by atoms with Gasteiger partial charge in [0.2, 0.25) is 0 Å². The Hall–Kier alpha value is -3.19. The van der Waals surface area contributed by atoms with Crippen molar-refractivity contribution in [3.05, 3.63) is 53.1 Å². The highest BCUT2D eigenvalue weighted by Crippen LogP contribution is 2.31. The fraction of sp³-hybridized carbons (Fsp3) is 0.238. The minimum Gasteiger partial charge on any atom is -0.495 e. The number of hydrogen-bond donors (Lipinski definition) is 1. The molecule has 2 aromatic rings. The second kappa shape index (κ2) is 9.34. The van der Waals surface area contributed by atoms with Crippen LogP contribution in [0, 0.1) is 0 Å². The second-order valence-electron chi connectivity index (χ2n) is 6.15. The predicted octanol–water partition coefficient (Wildman–Crippen LogP) is 3.70. The fourth-order valence-electron chi connectivity index (χ4n) is 2.58. The van der Waals surface area contributed by atoms with E-state index in [4.69, 9.17) is 30.5 Å². The first-order valence-electron chi connectivity index (χ1n) is 8.89. The summed E-state index contributed by atoms with van der Waals surface area (Å²) in [6.07, 6.45) is 1.83. The highest BCUT2D eigenvalue weighted by atomic mass is 35.5. The Kier molecular flexibility index (Phi) is 6.61. The molecule has 0 spiro atoms. The SMILES string of the molecule is COc1ccc(NC(=O)C(C)OC(=O)/C=C/c2ccc3c(c2)OCCO3)cc1Cl. The van der Waals surface area contributed by atoms with Gasteiger partial charge in [-0.3, -0.25) is 4.79 Å². The fourth-order valence-corrected chi connectivity index (χ4v) is 2.84. The Balaban J connectivity index is 1.55. The van der Waals surface area contributed by atoms with Crippen LogP contribution in [0.1, 0.15) is 12.5 Å². The van der Waals surface area contributed by atoms with Crippen LogP contribution in [0.15, 0.2) is 42.5 Å². The first kappa shape index (κ1) is 20.5. The summed E-state index contributed by atoms with van der Waals surface area (Å²) < 4.78 is 21.2. The topological polar surface area (TPSA) is 83.1 Å². The maximum Gasteiger partial charge on any atom is 0.331 e. The number of carbonyl (C=O) groups excluding carboxylic acids is 2. The largest absolute Gasteiger partial charge is 0.495 e. The number of halogens is 1. The standard InChI is InChI=1S/C21H20ClNO6/c1-13(21(25)23-15-5-7-17(26-2)16(22)12-15)29-20(24)8-4-14-3-6-18-19(11-14)28-10-9-27-18/h3-8,11-13H,9-10H2,1-2H3,(H,23,25)/b8-4+. The maximum atomic E-state index is 12.2. The van der Waals surface area contributed by atoms with Gasteiger partial charge in [-0.1, -0.05) is 17.7 Å². The van der Waals surface area contributed by atoms with Crippen LogP contribution in [-0.2, 0) is 14.3 Å². The maximum absolute atomic E-state index is 12.2. The van der Waals surface area contributed by atoms with Gasteiger partial charge in [0, 0.05) is 11.8 Å². The monoisotopic (exact) mass is 417 g/mol. The molecule has 0 saturated carbocycles. The molecule has 29 heavy (non-hydrogen) atoms. The lowest BCUT2D eigenvalue weighted by Crippen LogP contribution is -2.29. The third-order valence-corrected chi connectivity index (χ3v) is 4.35. The molecule has 3 rings (SSSR count). The number of hydrogen-bond acceptors (Lipinski definition) is 6. The van der Waals surface area contributed by atoms with Gasteiger partial charge in [0.25, 0.3) is 5.91 Å². The number of ether oxygens (including phenoxy) is 4. The molecule has 1 heterocycles. The van der Waals surface area contributed by atoms with E-state index < -0.39 is 18.0 Å². The zero-order chi connectivity index (χ0) is 20.8. The molecule has 0 fully saturated rings. The third-order valence-electron chi connectivity index (χ3n) is 4.06. The van der Waals surface area contributed by atoms with E-state index >= 15 is 0 Å². The Bertz CT molecular complexity index is 943. The summed E-state index contributed by atoms with van der Waals surface area (Å²) in [6, 6.07) is 10.1. The Labute approximate surface area is 173 Å². The minimum atomic E-state index is -0.992. The first-order valence-corrected chi connectivity index (χ1v) is 9.27. The van der Waals surface area contributed by atoms with Crippen molar-refractivity contribution in [1.29, 1.82) is 0 Å². The van der Waals surface area contributed by atoms with Gasteiger partial charge in [-0.05, 0) is 48.9 Å². The molecular weight excluding hydrogens is 398 g/mol. The molecule has 8 heteroatoms. The average molecular weight is 418 g/mol. The van der Waals surface area contributed by atoms with E-state index in [0.717, 1.165) is 5.56 Å². The lowest BCUT2D eigenvalue weighted by Gasteiger charge is -2.18. The number of esters is 1. The smallest absolute Gasteiger partial charge is 0.331 e. The minimum absolute atomic E-state index is 0.359. The normalized spacial score (nSPS) is 13.6. The van der Waals surface area contributed by atoms with Crippen molar-refractivity contribution in [2.75, 3.05) is 25.6 Å². The van der Waals surface area contributed by atoms with Crippen LogP contribution in [0.3, 0.4) is 0 Å². The highest BCUT2D eigenvalue weighted by molar-refractivity contribution is 6.32. The van der Waals surface area contributed by atoms with E-state index in [1.165, 1.54) is 20.1 Å². The molecule has 0 bridgehead atoms. The molecule has 0 aromatic heterocycles. The van der Waals surface area contributed by atoms with E-state index in [0.29, 0.717) is 41.2 Å². The van der Waals surface area contributed by atoms with Crippen molar-refractivity contribution >= 4 is 35.2 Å². The summed E-state index contributed by atoms with van der Waals surface area (Å²) in [5.74, 6) is 0.661. The zero-order valence-electron chi connectivity index (χ0n) is 15.9. The Morgan fingerprint density at radius 3 is 2.62 bits per heavy atom. The number of anilines is 1. The second-order valence-corrected chi connectivity index (χ2v) is 6.56. The van der Waals surface area contributed by atoms with Crippen molar-refractivity contribution in [1.82, 2.24) is 0 Å². The molecular formula is C21H20ClNO6. The van der Waals surface area contributed by atoms with Crippen molar-refractivity contribution in [2.24, 2.45) is 0 Å². The lowest BCUT2D eigenvalue weighted by molar-refractivity contribution is -0.148. The summed E-state index contributed by atoms with van der Waals surface area (Å²) >= 11 is 6.03. The number of fused-ring (bicyclic) bond motifs is 1. The van der Waals surface area contributed by atoms with E-state index in [-0.39, 0.29) is 0 Å². The highest BCUT2D eigenvalue weighted by Gasteiger charge is 2.17. The molecule has 1 aliphatic heterocycles. The molecule has 1 amide bonds. The molecule has 1 atom stereocenters. The summed E-state index contributed by atoms with van der Waals surface area (Å²) in [4.78, 5) is 24.3. The predicted molar refractivity (Wildman–Crippen MR) is 109 cm³/mol. The molecule has 0 radical (unpaired) electrons. The summed E-state index contributed by atoms with van der Waals surface area (Å²) in [6.45, 7) is 2.47.